The van der Waals surface area contributed by atoms with Gasteiger partial charge >= 0.3 is 0 Å². The Hall–Kier alpha value is -3.07. The van der Waals surface area contributed by atoms with Crippen LogP contribution in [0.4, 0.5) is 5.69 Å². The number of hydrogen-bond donors (Lipinski definition) is 1. The first kappa shape index (κ1) is 31.5. The van der Waals surface area contributed by atoms with Gasteiger partial charge in [-0.1, -0.05) is 85.6 Å². The van der Waals surface area contributed by atoms with E-state index in [0.717, 1.165) is 21.7 Å². The van der Waals surface area contributed by atoms with Crippen molar-refractivity contribution in [2.45, 2.75) is 39.8 Å². The molecular weight excluding hydrogens is 569 g/mol. The van der Waals surface area contributed by atoms with E-state index < -0.39 is 28.5 Å². The number of nitrogens with zero attached hydrogens (tertiary/aromatic N) is 2. The number of aryl methyl sites for hydroxylation is 1. The van der Waals surface area contributed by atoms with E-state index in [1.54, 1.807) is 36.4 Å². The van der Waals surface area contributed by atoms with Crippen LogP contribution in [0.5, 0.6) is 0 Å². The standard InChI is InChI=1S/C30H35Cl2N3O4S/c1-21(2)18-33-30(37)28(17-23-10-6-5-7-11-23)34(19-24-13-14-26(31)27(32)16-24)29(36)20-35(40(4,38)39)25-12-8-9-22(3)15-25/h5-16,21,28H,17-20H2,1-4H3,(H,33,37)/t28-/m0/s1. The third-order valence-electron chi connectivity index (χ3n) is 6.26. The highest BCUT2D eigenvalue weighted by Crippen LogP contribution is 2.25. The molecule has 2 amide bonds. The second kappa shape index (κ2) is 14.0. The third-order valence-corrected chi connectivity index (χ3v) is 8.14. The van der Waals surface area contributed by atoms with Crippen LogP contribution in [0, 0.1) is 12.8 Å². The Balaban J connectivity index is 2.06. The molecule has 0 heterocycles. The molecule has 1 N–H and O–H groups in total. The van der Waals surface area contributed by atoms with Crippen LogP contribution >= 0.6 is 23.2 Å². The molecule has 3 rings (SSSR count). The van der Waals surface area contributed by atoms with E-state index >= 15 is 0 Å². The maximum atomic E-state index is 14.1. The van der Waals surface area contributed by atoms with Gasteiger partial charge in [0, 0.05) is 19.5 Å². The van der Waals surface area contributed by atoms with Crippen molar-refractivity contribution in [1.29, 1.82) is 0 Å². The molecule has 0 fully saturated rings. The molecule has 40 heavy (non-hydrogen) atoms. The highest BCUT2D eigenvalue weighted by atomic mass is 35.5. The Bertz CT molecular complexity index is 1430. The molecule has 0 unspecified atom stereocenters. The zero-order chi connectivity index (χ0) is 29.4. The highest BCUT2D eigenvalue weighted by molar-refractivity contribution is 7.92. The van der Waals surface area contributed by atoms with E-state index in [-0.39, 0.29) is 24.8 Å². The molecule has 0 aliphatic carbocycles. The molecule has 0 saturated carbocycles. The zero-order valence-electron chi connectivity index (χ0n) is 23.1. The quantitative estimate of drug-likeness (QED) is 0.297. The van der Waals surface area contributed by atoms with E-state index in [1.165, 1.54) is 4.90 Å². The van der Waals surface area contributed by atoms with Crippen LogP contribution in [0.3, 0.4) is 0 Å². The fourth-order valence-electron chi connectivity index (χ4n) is 4.21. The number of rotatable bonds is 12. The van der Waals surface area contributed by atoms with Crippen molar-refractivity contribution in [2.24, 2.45) is 5.92 Å². The van der Waals surface area contributed by atoms with E-state index in [4.69, 9.17) is 23.2 Å². The number of halogens is 2. The van der Waals surface area contributed by atoms with Crippen LogP contribution in [0.25, 0.3) is 0 Å². The zero-order valence-corrected chi connectivity index (χ0v) is 25.4. The number of amides is 2. The summed E-state index contributed by atoms with van der Waals surface area (Å²) in [6.45, 7) is 5.78. The van der Waals surface area contributed by atoms with Crippen LogP contribution < -0.4 is 9.62 Å². The van der Waals surface area contributed by atoms with Gasteiger partial charge in [0.15, 0.2) is 0 Å². The Kier molecular flexibility index (Phi) is 11.0. The van der Waals surface area contributed by atoms with Crippen molar-refractivity contribution in [3.8, 4) is 0 Å². The lowest BCUT2D eigenvalue weighted by molar-refractivity contribution is -0.140. The third kappa shape index (κ3) is 8.98. The second-order valence-electron chi connectivity index (χ2n) is 10.2. The topological polar surface area (TPSA) is 86.8 Å². The summed E-state index contributed by atoms with van der Waals surface area (Å²) in [5.41, 5.74) is 2.73. The molecular formula is C30H35Cl2N3O4S. The lowest BCUT2D eigenvalue weighted by Crippen LogP contribution is -2.53. The first-order valence-electron chi connectivity index (χ1n) is 12.9. The average molecular weight is 605 g/mol. The number of nitrogens with one attached hydrogen (secondary N) is 1. The predicted molar refractivity (Wildman–Crippen MR) is 162 cm³/mol. The molecule has 1 atom stereocenters. The van der Waals surface area contributed by atoms with Crippen LogP contribution in [-0.2, 0) is 32.6 Å². The molecule has 214 valence electrons. The maximum Gasteiger partial charge on any atom is 0.244 e. The number of benzene rings is 3. The Morgan fingerprint density at radius 2 is 1.60 bits per heavy atom. The fourth-order valence-corrected chi connectivity index (χ4v) is 5.37. The molecule has 3 aromatic carbocycles. The van der Waals surface area contributed by atoms with Crippen molar-refractivity contribution < 1.29 is 18.0 Å². The van der Waals surface area contributed by atoms with Crippen LogP contribution in [0.2, 0.25) is 10.0 Å². The van der Waals surface area contributed by atoms with Crippen molar-refractivity contribution >= 4 is 50.7 Å². The summed E-state index contributed by atoms with van der Waals surface area (Å²) < 4.78 is 26.8. The van der Waals surface area contributed by atoms with E-state index in [1.807, 2.05) is 57.2 Å². The lowest BCUT2D eigenvalue weighted by atomic mass is 10.0. The summed E-state index contributed by atoms with van der Waals surface area (Å²) in [7, 11) is -3.83. The van der Waals surface area contributed by atoms with Gasteiger partial charge in [-0.25, -0.2) is 8.42 Å². The van der Waals surface area contributed by atoms with Gasteiger partial charge in [0.1, 0.15) is 12.6 Å². The number of sulfonamides is 1. The van der Waals surface area contributed by atoms with Gasteiger partial charge in [0.05, 0.1) is 22.0 Å². The van der Waals surface area contributed by atoms with Crippen LogP contribution in [0.1, 0.15) is 30.5 Å². The number of anilines is 1. The monoisotopic (exact) mass is 603 g/mol. The van der Waals surface area contributed by atoms with Gasteiger partial charge in [-0.05, 0) is 53.8 Å². The first-order valence-corrected chi connectivity index (χ1v) is 15.5. The van der Waals surface area contributed by atoms with Crippen molar-refractivity contribution in [3.05, 3.63) is 99.5 Å². The summed E-state index contributed by atoms with van der Waals surface area (Å²) in [5.74, 6) is -0.659. The van der Waals surface area contributed by atoms with Crippen molar-refractivity contribution in [1.82, 2.24) is 10.2 Å². The molecule has 0 aliphatic rings. The van der Waals surface area contributed by atoms with Gasteiger partial charge in [0.25, 0.3) is 0 Å². The number of carbonyl (C=O) groups excluding carboxylic acids is 2. The van der Waals surface area contributed by atoms with Gasteiger partial charge in [0.2, 0.25) is 21.8 Å². The number of hydrogen-bond acceptors (Lipinski definition) is 4. The molecule has 0 bridgehead atoms. The minimum absolute atomic E-state index is 0.0216. The molecule has 3 aromatic rings. The fraction of sp³-hybridized carbons (Fsp3) is 0.333. The van der Waals surface area contributed by atoms with Crippen LogP contribution in [0.15, 0.2) is 72.8 Å². The first-order chi connectivity index (χ1) is 18.8. The molecule has 10 heteroatoms. The van der Waals surface area contributed by atoms with E-state index in [0.29, 0.717) is 27.8 Å². The van der Waals surface area contributed by atoms with Gasteiger partial charge in [-0.2, -0.15) is 0 Å². The van der Waals surface area contributed by atoms with Crippen LogP contribution in [-0.4, -0.2) is 50.5 Å². The number of carbonyl (C=O) groups is 2. The minimum Gasteiger partial charge on any atom is -0.354 e. The van der Waals surface area contributed by atoms with Gasteiger partial charge in [-0.3, -0.25) is 13.9 Å². The molecule has 0 spiro atoms. The summed E-state index contributed by atoms with van der Waals surface area (Å²) in [6.07, 6.45) is 1.30. The van der Waals surface area contributed by atoms with Crippen molar-refractivity contribution in [3.63, 3.8) is 0 Å². The Morgan fingerprint density at radius 1 is 0.900 bits per heavy atom. The molecule has 0 saturated heterocycles. The highest BCUT2D eigenvalue weighted by Gasteiger charge is 2.33. The largest absolute Gasteiger partial charge is 0.354 e. The van der Waals surface area contributed by atoms with E-state index in [9.17, 15) is 18.0 Å². The SMILES string of the molecule is Cc1cccc(N(CC(=O)N(Cc2ccc(Cl)c(Cl)c2)[C@@H](Cc2ccccc2)C(=O)NCC(C)C)S(C)(=O)=O)c1. The summed E-state index contributed by atoms with van der Waals surface area (Å²) >= 11 is 12.4. The second-order valence-corrected chi connectivity index (χ2v) is 12.9. The molecule has 7 nitrogen and oxygen atoms in total. The summed E-state index contributed by atoms with van der Waals surface area (Å²) in [6, 6.07) is 20.4. The summed E-state index contributed by atoms with van der Waals surface area (Å²) in [5, 5.41) is 3.63. The Morgan fingerprint density at radius 3 is 2.20 bits per heavy atom. The molecule has 0 radical (unpaired) electrons. The maximum absolute atomic E-state index is 14.1. The molecule has 0 aromatic heterocycles. The smallest absolute Gasteiger partial charge is 0.244 e. The van der Waals surface area contributed by atoms with Gasteiger partial charge in [-0.15, -0.1) is 0 Å². The van der Waals surface area contributed by atoms with E-state index in [2.05, 4.69) is 5.32 Å². The predicted octanol–water partition coefficient (Wildman–Crippen LogP) is 5.48. The minimum atomic E-state index is -3.83. The van der Waals surface area contributed by atoms with Gasteiger partial charge < -0.3 is 10.2 Å². The lowest BCUT2D eigenvalue weighted by Gasteiger charge is -2.33. The molecule has 0 aliphatic heterocycles. The summed E-state index contributed by atoms with van der Waals surface area (Å²) in [4.78, 5) is 29.1. The Labute approximate surface area is 247 Å². The average Bonchev–Trinajstić information content (AvgIpc) is 2.89. The normalized spacial score (nSPS) is 12.2. The van der Waals surface area contributed by atoms with Crippen molar-refractivity contribution in [2.75, 3.05) is 23.7 Å².